The lowest BCUT2D eigenvalue weighted by atomic mass is 10.1. The Morgan fingerprint density at radius 2 is 2.00 bits per heavy atom. The molecule has 3 N–H and O–H groups in total. The van der Waals surface area contributed by atoms with Gasteiger partial charge in [0.05, 0.1) is 13.2 Å². The molecule has 1 heterocycles. The molecule has 2 amide bonds. The van der Waals surface area contributed by atoms with Gasteiger partial charge in [-0.25, -0.2) is 0 Å². The van der Waals surface area contributed by atoms with Crippen LogP contribution in [-0.2, 0) is 9.53 Å². The average molecular weight is 314 g/mol. The zero-order valence-electron chi connectivity index (χ0n) is 11.9. The molecule has 1 aromatic carbocycles. The average Bonchev–Trinajstić information content (AvgIpc) is 2.47. The summed E-state index contributed by atoms with van der Waals surface area (Å²) in [4.78, 5) is 25.9. The van der Waals surface area contributed by atoms with Crippen molar-refractivity contribution in [3.63, 3.8) is 0 Å². The molecule has 1 aliphatic heterocycles. The van der Waals surface area contributed by atoms with Gasteiger partial charge in [-0.2, -0.15) is 0 Å². The van der Waals surface area contributed by atoms with E-state index in [1.54, 1.807) is 36.1 Å². The van der Waals surface area contributed by atoms with Crippen molar-refractivity contribution < 1.29 is 14.3 Å². The molecule has 0 saturated carbocycles. The lowest BCUT2D eigenvalue weighted by Crippen LogP contribution is -2.50. The first-order chi connectivity index (χ1) is 9.58. The monoisotopic (exact) mass is 313 g/mol. The normalized spacial score (nSPS) is 15.8. The lowest BCUT2D eigenvalue weighted by Gasteiger charge is -2.29. The predicted molar refractivity (Wildman–Crippen MR) is 82.4 cm³/mol. The summed E-state index contributed by atoms with van der Waals surface area (Å²) in [5, 5.41) is 2.69. The number of morpholine rings is 1. The van der Waals surface area contributed by atoms with Gasteiger partial charge in [-0.3, -0.25) is 9.59 Å². The van der Waals surface area contributed by atoms with Gasteiger partial charge in [0.1, 0.15) is 6.04 Å². The van der Waals surface area contributed by atoms with Crippen LogP contribution in [0, 0.1) is 0 Å². The van der Waals surface area contributed by atoms with Crippen LogP contribution in [0.4, 0.5) is 5.69 Å². The summed E-state index contributed by atoms with van der Waals surface area (Å²) < 4.78 is 5.20. The van der Waals surface area contributed by atoms with E-state index in [4.69, 9.17) is 10.5 Å². The van der Waals surface area contributed by atoms with Crippen molar-refractivity contribution >= 4 is 29.9 Å². The zero-order chi connectivity index (χ0) is 14.5. The van der Waals surface area contributed by atoms with Crippen LogP contribution in [0.1, 0.15) is 17.3 Å². The molecule has 6 nitrogen and oxygen atoms in total. The van der Waals surface area contributed by atoms with Crippen LogP contribution in [0.15, 0.2) is 24.3 Å². The van der Waals surface area contributed by atoms with Crippen molar-refractivity contribution in [3.05, 3.63) is 29.8 Å². The van der Waals surface area contributed by atoms with E-state index < -0.39 is 6.04 Å². The SMILES string of the molecule is CC(NC(=O)c1cccc(N)c1)C(=O)N1CCOCC1.Cl. The van der Waals surface area contributed by atoms with Crippen LogP contribution in [0.25, 0.3) is 0 Å². The second kappa shape index (κ2) is 7.85. The van der Waals surface area contributed by atoms with Crippen molar-refractivity contribution in [3.8, 4) is 0 Å². The summed E-state index contributed by atoms with van der Waals surface area (Å²) in [5.74, 6) is -0.392. The number of anilines is 1. The molecular weight excluding hydrogens is 294 g/mol. The van der Waals surface area contributed by atoms with Gasteiger partial charge in [0, 0.05) is 24.3 Å². The number of halogens is 1. The van der Waals surface area contributed by atoms with E-state index in [-0.39, 0.29) is 24.2 Å². The van der Waals surface area contributed by atoms with Crippen LogP contribution in [0.3, 0.4) is 0 Å². The molecule has 1 fully saturated rings. The molecule has 0 radical (unpaired) electrons. The third-order valence-electron chi connectivity index (χ3n) is 3.19. The van der Waals surface area contributed by atoms with E-state index >= 15 is 0 Å². The number of ether oxygens (including phenoxy) is 1. The molecule has 1 saturated heterocycles. The second-order valence-corrected chi connectivity index (χ2v) is 4.76. The fourth-order valence-corrected chi connectivity index (χ4v) is 2.08. The third-order valence-corrected chi connectivity index (χ3v) is 3.19. The quantitative estimate of drug-likeness (QED) is 0.803. The first-order valence-electron chi connectivity index (χ1n) is 6.61. The molecule has 0 aliphatic carbocycles. The summed E-state index contributed by atoms with van der Waals surface area (Å²) in [6.45, 7) is 3.90. The van der Waals surface area contributed by atoms with Gasteiger partial charge in [0.25, 0.3) is 5.91 Å². The number of amides is 2. The van der Waals surface area contributed by atoms with Gasteiger partial charge in [-0.05, 0) is 25.1 Å². The summed E-state index contributed by atoms with van der Waals surface area (Å²) in [7, 11) is 0. The molecule has 21 heavy (non-hydrogen) atoms. The Morgan fingerprint density at radius 1 is 1.33 bits per heavy atom. The molecule has 2 rings (SSSR count). The molecule has 116 valence electrons. The highest BCUT2D eigenvalue weighted by Crippen LogP contribution is 2.07. The number of nitrogen functional groups attached to an aromatic ring is 1. The van der Waals surface area contributed by atoms with Crippen LogP contribution < -0.4 is 11.1 Å². The van der Waals surface area contributed by atoms with Crippen molar-refractivity contribution in [2.45, 2.75) is 13.0 Å². The first-order valence-corrected chi connectivity index (χ1v) is 6.61. The van der Waals surface area contributed by atoms with E-state index in [1.165, 1.54) is 0 Å². The largest absolute Gasteiger partial charge is 0.399 e. The van der Waals surface area contributed by atoms with Gasteiger partial charge in [-0.1, -0.05) is 6.07 Å². The molecule has 0 spiro atoms. The Kier molecular flexibility index (Phi) is 6.45. The van der Waals surface area contributed by atoms with Gasteiger partial charge >= 0.3 is 0 Å². The minimum atomic E-state index is -0.568. The number of carbonyl (C=O) groups excluding carboxylic acids is 2. The van der Waals surface area contributed by atoms with Gasteiger partial charge < -0.3 is 20.7 Å². The zero-order valence-corrected chi connectivity index (χ0v) is 12.7. The summed E-state index contributed by atoms with van der Waals surface area (Å²) >= 11 is 0. The van der Waals surface area contributed by atoms with E-state index in [0.29, 0.717) is 37.6 Å². The standard InChI is InChI=1S/C14H19N3O3.ClH/c1-10(14(19)17-5-7-20-8-6-17)16-13(18)11-3-2-4-12(15)9-11;/h2-4,9-10H,5-8,15H2,1H3,(H,16,18);1H. The second-order valence-electron chi connectivity index (χ2n) is 4.76. The Hall–Kier alpha value is -1.79. The minimum absolute atomic E-state index is 0. The summed E-state index contributed by atoms with van der Waals surface area (Å²) in [5.41, 5.74) is 6.60. The summed E-state index contributed by atoms with van der Waals surface area (Å²) in [6.07, 6.45) is 0. The molecule has 1 aliphatic rings. The number of rotatable bonds is 3. The van der Waals surface area contributed by atoms with E-state index in [2.05, 4.69) is 5.32 Å². The molecular formula is C14H20ClN3O3. The number of nitrogens with two attached hydrogens (primary N) is 1. The van der Waals surface area contributed by atoms with Crippen LogP contribution >= 0.6 is 12.4 Å². The Labute approximate surface area is 130 Å². The molecule has 1 aromatic rings. The number of nitrogens with one attached hydrogen (secondary N) is 1. The Balaban J connectivity index is 0.00000220. The number of hydrogen-bond donors (Lipinski definition) is 2. The van der Waals surface area contributed by atoms with Crippen LogP contribution in [0.5, 0.6) is 0 Å². The predicted octanol–water partition coefficient (Wildman–Crippen LogP) is 0.668. The topological polar surface area (TPSA) is 84.7 Å². The first kappa shape index (κ1) is 17.3. The number of benzene rings is 1. The maximum atomic E-state index is 12.2. The maximum Gasteiger partial charge on any atom is 0.251 e. The molecule has 1 atom stereocenters. The van der Waals surface area contributed by atoms with Crippen molar-refractivity contribution in [1.82, 2.24) is 10.2 Å². The smallest absolute Gasteiger partial charge is 0.251 e. The van der Waals surface area contributed by atoms with Crippen LogP contribution in [0.2, 0.25) is 0 Å². The Bertz CT molecular complexity index is 504. The minimum Gasteiger partial charge on any atom is -0.399 e. The van der Waals surface area contributed by atoms with Crippen molar-refractivity contribution in [2.75, 3.05) is 32.0 Å². The molecule has 0 bridgehead atoms. The number of carbonyl (C=O) groups is 2. The van der Waals surface area contributed by atoms with E-state index in [1.807, 2.05) is 0 Å². The van der Waals surface area contributed by atoms with Crippen LogP contribution in [-0.4, -0.2) is 49.1 Å². The number of hydrogen-bond acceptors (Lipinski definition) is 4. The fourth-order valence-electron chi connectivity index (χ4n) is 2.08. The highest BCUT2D eigenvalue weighted by molar-refractivity contribution is 5.98. The Morgan fingerprint density at radius 3 is 2.62 bits per heavy atom. The third kappa shape index (κ3) is 4.61. The van der Waals surface area contributed by atoms with Gasteiger partial charge in [0.2, 0.25) is 5.91 Å². The molecule has 0 aromatic heterocycles. The van der Waals surface area contributed by atoms with E-state index in [9.17, 15) is 9.59 Å². The highest BCUT2D eigenvalue weighted by atomic mass is 35.5. The van der Waals surface area contributed by atoms with E-state index in [0.717, 1.165) is 0 Å². The molecule has 1 unspecified atom stereocenters. The maximum absolute atomic E-state index is 12.2. The fraction of sp³-hybridized carbons (Fsp3) is 0.429. The lowest BCUT2D eigenvalue weighted by molar-refractivity contribution is -0.136. The summed E-state index contributed by atoms with van der Waals surface area (Å²) in [6, 6.07) is 6.10. The number of nitrogens with zero attached hydrogens (tertiary/aromatic N) is 1. The van der Waals surface area contributed by atoms with Gasteiger partial charge in [-0.15, -0.1) is 12.4 Å². The molecule has 7 heteroatoms. The highest BCUT2D eigenvalue weighted by Gasteiger charge is 2.23. The van der Waals surface area contributed by atoms with Crippen molar-refractivity contribution in [1.29, 1.82) is 0 Å². The van der Waals surface area contributed by atoms with Gasteiger partial charge in [0.15, 0.2) is 0 Å². The van der Waals surface area contributed by atoms with Crippen molar-refractivity contribution in [2.24, 2.45) is 0 Å².